The van der Waals surface area contributed by atoms with Crippen molar-refractivity contribution in [1.29, 1.82) is 0 Å². The maximum Gasteiger partial charge on any atom is 0.251 e. The lowest BCUT2D eigenvalue weighted by molar-refractivity contribution is -0.129. The number of rotatable bonds is 3. The predicted octanol–water partition coefficient (Wildman–Crippen LogP) is 1.80. The van der Waals surface area contributed by atoms with E-state index in [0.717, 1.165) is 41.0 Å². The Kier molecular flexibility index (Phi) is 4.09. The third kappa shape index (κ3) is 3.08. The molecule has 3 atom stereocenters. The van der Waals surface area contributed by atoms with Gasteiger partial charge in [-0.05, 0) is 48.9 Å². The van der Waals surface area contributed by atoms with Crippen LogP contribution in [0.1, 0.15) is 29.6 Å². The quantitative estimate of drug-likeness (QED) is 0.847. The zero-order valence-corrected chi connectivity index (χ0v) is 16.2. The van der Waals surface area contributed by atoms with Gasteiger partial charge in [-0.1, -0.05) is 0 Å². The van der Waals surface area contributed by atoms with Gasteiger partial charge in [0.2, 0.25) is 5.91 Å². The van der Waals surface area contributed by atoms with E-state index in [1.54, 1.807) is 16.2 Å². The van der Waals surface area contributed by atoms with E-state index in [0.29, 0.717) is 24.2 Å². The van der Waals surface area contributed by atoms with Crippen molar-refractivity contribution in [3.63, 3.8) is 0 Å². The number of piperazine rings is 1. The molecule has 1 aromatic carbocycles. The molecule has 6 nitrogen and oxygen atoms in total. The molecule has 2 amide bonds. The van der Waals surface area contributed by atoms with Gasteiger partial charge in [-0.15, -0.1) is 11.3 Å². The van der Waals surface area contributed by atoms with E-state index in [9.17, 15) is 9.59 Å². The van der Waals surface area contributed by atoms with Crippen molar-refractivity contribution in [2.75, 3.05) is 31.6 Å². The third-order valence-electron chi connectivity index (χ3n) is 6.15. The number of benzene rings is 1. The van der Waals surface area contributed by atoms with E-state index in [2.05, 4.69) is 21.6 Å². The van der Waals surface area contributed by atoms with Crippen LogP contribution in [0.4, 0.5) is 5.00 Å². The first kappa shape index (κ1) is 17.0. The summed E-state index contributed by atoms with van der Waals surface area (Å²) in [4.78, 5) is 28.6. The number of amides is 2. The molecule has 3 aliphatic heterocycles. The number of hydrogen-bond donors (Lipinski definition) is 2. The first-order chi connectivity index (χ1) is 13.1. The van der Waals surface area contributed by atoms with Gasteiger partial charge in [0.1, 0.15) is 0 Å². The van der Waals surface area contributed by atoms with Gasteiger partial charge in [0.05, 0.1) is 11.5 Å². The molecule has 2 N–H and O–H groups in total. The molecule has 0 spiro atoms. The highest BCUT2D eigenvalue weighted by Crippen LogP contribution is 2.34. The lowest BCUT2D eigenvalue weighted by Gasteiger charge is -2.32. The second-order valence-electron chi connectivity index (χ2n) is 7.94. The van der Waals surface area contributed by atoms with Crippen molar-refractivity contribution in [2.45, 2.75) is 37.4 Å². The standard InChI is InChI=1S/C20H24N4O2S/c1-23-6-7-24(11-18(23)25)19-9-13-8-12(2-5-17(13)27-19)20(26)22-16-10-14-3-4-15(16)21-14/h2,5,8-9,14-16,21H,3-4,6-7,10-11H2,1H3,(H,22,26)/t14-,15+,16-/m1/s1. The molecule has 2 aromatic rings. The second-order valence-corrected chi connectivity index (χ2v) is 9.00. The van der Waals surface area contributed by atoms with Crippen molar-refractivity contribution in [3.05, 3.63) is 29.8 Å². The average molecular weight is 385 g/mol. The van der Waals surface area contributed by atoms with Crippen LogP contribution in [0.3, 0.4) is 0 Å². The molecule has 0 saturated carbocycles. The molecule has 5 rings (SSSR count). The van der Waals surface area contributed by atoms with Gasteiger partial charge in [-0.25, -0.2) is 0 Å². The van der Waals surface area contributed by atoms with Crippen LogP contribution >= 0.6 is 11.3 Å². The van der Waals surface area contributed by atoms with E-state index in [1.165, 1.54) is 6.42 Å². The van der Waals surface area contributed by atoms with Crippen molar-refractivity contribution >= 4 is 38.2 Å². The zero-order valence-electron chi connectivity index (χ0n) is 15.4. The Hall–Kier alpha value is -2.12. The SMILES string of the molecule is CN1CCN(c2cc3cc(C(=O)N[C@@H]4C[C@H]5CC[C@@H]4N5)ccc3s2)CC1=O. The smallest absolute Gasteiger partial charge is 0.251 e. The number of fused-ring (bicyclic) bond motifs is 3. The fraction of sp³-hybridized carbons (Fsp3) is 0.500. The maximum atomic E-state index is 12.7. The Morgan fingerprint density at radius 1 is 1.26 bits per heavy atom. The molecule has 27 heavy (non-hydrogen) atoms. The van der Waals surface area contributed by atoms with Gasteiger partial charge in [-0.3, -0.25) is 9.59 Å². The molecule has 4 heterocycles. The molecule has 0 radical (unpaired) electrons. The summed E-state index contributed by atoms with van der Waals surface area (Å²) in [6.07, 6.45) is 3.43. The summed E-state index contributed by atoms with van der Waals surface area (Å²) < 4.78 is 1.15. The highest BCUT2D eigenvalue weighted by Gasteiger charge is 2.39. The van der Waals surface area contributed by atoms with Crippen LogP contribution < -0.4 is 15.5 Å². The van der Waals surface area contributed by atoms with Crippen LogP contribution in [-0.2, 0) is 4.79 Å². The monoisotopic (exact) mass is 384 g/mol. The minimum absolute atomic E-state index is 0.0128. The number of carbonyl (C=O) groups is 2. The Morgan fingerprint density at radius 3 is 2.89 bits per heavy atom. The zero-order chi connectivity index (χ0) is 18.5. The Morgan fingerprint density at radius 2 is 2.15 bits per heavy atom. The van der Waals surface area contributed by atoms with Gasteiger partial charge in [0.25, 0.3) is 5.91 Å². The maximum absolute atomic E-state index is 12.7. The molecule has 0 aliphatic carbocycles. The molecular formula is C20H24N4O2S. The number of nitrogens with zero attached hydrogens (tertiary/aromatic N) is 2. The van der Waals surface area contributed by atoms with Gasteiger partial charge < -0.3 is 20.4 Å². The average Bonchev–Trinajstić information content (AvgIpc) is 3.38. The molecule has 2 bridgehead atoms. The van der Waals surface area contributed by atoms with Crippen molar-refractivity contribution in [3.8, 4) is 0 Å². The van der Waals surface area contributed by atoms with Crippen LogP contribution in [0.25, 0.3) is 10.1 Å². The third-order valence-corrected chi connectivity index (χ3v) is 7.33. The van der Waals surface area contributed by atoms with Crippen LogP contribution in [-0.4, -0.2) is 61.5 Å². The second kappa shape index (κ2) is 6.49. The van der Waals surface area contributed by atoms with E-state index in [1.807, 2.05) is 25.2 Å². The number of hydrogen-bond acceptors (Lipinski definition) is 5. The van der Waals surface area contributed by atoms with Crippen molar-refractivity contribution in [2.24, 2.45) is 0 Å². The molecule has 3 aliphatic rings. The lowest BCUT2D eigenvalue weighted by Crippen LogP contribution is -2.48. The van der Waals surface area contributed by atoms with Crippen molar-refractivity contribution in [1.82, 2.24) is 15.5 Å². The highest BCUT2D eigenvalue weighted by atomic mass is 32.1. The first-order valence-electron chi connectivity index (χ1n) is 9.66. The summed E-state index contributed by atoms with van der Waals surface area (Å²) >= 11 is 1.68. The Bertz CT molecular complexity index is 911. The fourth-order valence-corrected chi connectivity index (χ4v) is 5.58. The normalized spacial score (nSPS) is 27.6. The summed E-state index contributed by atoms with van der Waals surface area (Å²) in [6.45, 7) is 2.02. The summed E-state index contributed by atoms with van der Waals surface area (Å²) in [5, 5.41) is 8.94. The Labute approximate surface area is 162 Å². The largest absolute Gasteiger partial charge is 0.352 e. The lowest BCUT2D eigenvalue weighted by atomic mass is 9.95. The number of nitrogens with one attached hydrogen (secondary N) is 2. The summed E-state index contributed by atoms with van der Waals surface area (Å²) in [5.41, 5.74) is 0.712. The molecule has 1 aromatic heterocycles. The van der Waals surface area contributed by atoms with Crippen LogP contribution in [0.5, 0.6) is 0 Å². The Balaban J connectivity index is 1.33. The first-order valence-corrected chi connectivity index (χ1v) is 10.5. The molecule has 3 fully saturated rings. The molecule has 3 saturated heterocycles. The predicted molar refractivity (Wildman–Crippen MR) is 107 cm³/mol. The fourth-order valence-electron chi connectivity index (χ4n) is 4.51. The van der Waals surface area contributed by atoms with Gasteiger partial charge in [0, 0.05) is 48.5 Å². The minimum atomic E-state index is 0.0128. The van der Waals surface area contributed by atoms with Gasteiger partial charge >= 0.3 is 0 Å². The summed E-state index contributed by atoms with van der Waals surface area (Å²) in [5.74, 6) is 0.164. The molecular weight excluding hydrogens is 360 g/mol. The topological polar surface area (TPSA) is 64.7 Å². The minimum Gasteiger partial charge on any atom is -0.352 e. The summed E-state index contributed by atoms with van der Waals surface area (Å²) in [7, 11) is 1.85. The van der Waals surface area contributed by atoms with E-state index in [4.69, 9.17) is 0 Å². The van der Waals surface area contributed by atoms with E-state index >= 15 is 0 Å². The number of thiophene rings is 1. The van der Waals surface area contributed by atoms with Crippen LogP contribution in [0.2, 0.25) is 0 Å². The number of anilines is 1. The van der Waals surface area contributed by atoms with E-state index < -0.39 is 0 Å². The number of carbonyl (C=O) groups excluding carboxylic acids is 2. The molecule has 7 heteroatoms. The van der Waals surface area contributed by atoms with Crippen molar-refractivity contribution < 1.29 is 9.59 Å². The molecule has 0 unspecified atom stereocenters. The van der Waals surface area contributed by atoms with Gasteiger partial charge in [0.15, 0.2) is 0 Å². The highest BCUT2D eigenvalue weighted by molar-refractivity contribution is 7.22. The summed E-state index contributed by atoms with van der Waals surface area (Å²) in [6, 6.07) is 9.28. The van der Waals surface area contributed by atoms with Gasteiger partial charge in [-0.2, -0.15) is 0 Å². The van der Waals surface area contributed by atoms with Crippen LogP contribution in [0.15, 0.2) is 24.3 Å². The number of likely N-dealkylation sites (N-methyl/N-ethyl adjacent to an activating group) is 1. The van der Waals surface area contributed by atoms with E-state index in [-0.39, 0.29) is 17.9 Å². The van der Waals surface area contributed by atoms with Crippen LogP contribution in [0, 0.1) is 0 Å². The molecule has 142 valence electrons.